The van der Waals surface area contributed by atoms with Gasteiger partial charge in [-0.1, -0.05) is 12.1 Å². The van der Waals surface area contributed by atoms with Crippen LogP contribution in [0.15, 0.2) is 34.9 Å². The van der Waals surface area contributed by atoms with Gasteiger partial charge in [0.05, 0.1) is 17.8 Å². The first kappa shape index (κ1) is 13.1. The summed E-state index contributed by atoms with van der Waals surface area (Å²) in [5.74, 6) is -1.34. The summed E-state index contributed by atoms with van der Waals surface area (Å²) in [7, 11) is 1.14. The summed E-state index contributed by atoms with van der Waals surface area (Å²) in [5, 5.41) is 11.2. The molecule has 0 aromatic heterocycles. The number of ether oxygens (including phenoxy) is 1. The number of nitrogens with zero attached hydrogens (tertiary/aromatic N) is 1. The number of nitriles is 1. The predicted octanol–water partition coefficient (Wildman–Crippen LogP) is 2.08. The van der Waals surface area contributed by atoms with E-state index in [1.54, 1.807) is 12.1 Å². The quantitative estimate of drug-likeness (QED) is 0.374. The Hall–Kier alpha value is -2.00. The van der Waals surface area contributed by atoms with Crippen LogP contribution in [0.2, 0.25) is 0 Å². The molecule has 0 aliphatic rings. The van der Waals surface area contributed by atoms with Gasteiger partial charge in [-0.25, -0.2) is 9.18 Å². The number of carbonyl (C=O) groups excluding carboxylic acids is 1. The van der Waals surface area contributed by atoms with Crippen molar-refractivity contribution in [1.82, 2.24) is 0 Å². The van der Waals surface area contributed by atoms with E-state index < -0.39 is 11.8 Å². The largest absolute Gasteiger partial charge is 0.465 e. The Labute approximate surface area is 103 Å². The number of rotatable bonds is 3. The molecule has 17 heavy (non-hydrogen) atoms. The van der Waals surface area contributed by atoms with Crippen molar-refractivity contribution in [1.29, 1.82) is 5.26 Å². The van der Waals surface area contributed by atoms with Crippen molar-refractivity contribution in [2.75, 3.05) is 12.4 Å². The number of esters is 1. The molecule has 0 aliphatic carbocycles. The normalized spacial score (nSPS) is 11.2. The number of benzene rings is 1. The van der Waals surface area contributed by atoms with Crippen LogP contribution >= 0.6 is 12.6 Å². The van der Waals surface area contributed by atoms with Gasteiger partial charge in [0.1, 0.15) is 11.9 Å². The highest BCUT2D eigenvalue weighted by Crippen LogP contribution is 2.18. The Kier molecular flexibility index (Phi) is 4.55. The van der Waals surface area contributed by atoms with Crippen LogP contribution in [-0.2, 0) is 9.53 Å². The third-order valence-corrected chi connectivity index (χ3v) is 2.20. The SMILES string of the molecule is COC(=O)/C(C#N)=C(\S)Nc1ccccc1F. The monoisotopic (exact) mass is 252 g/mol. The highest BCUT2D eigenvalue weighted by atomic mass is 32.1. The first-order valence-electron chi connectivity index (χ1n) is 4.53. The lowest BCUT2D eigenvalue weighted by molar-refractivity contribution is -0.135. The van der Waals surface area contributed by atoms with Crippen molar-refractivity contribution < 1.29 is 13.9 Å². The van der Waals surface area contributed by atoms with E-state index in [1.807, 2.05) is 0 Å². The van der Waals surface area contributed by atoms with Crippen molar-refractivity contribution in [3.05, 3.63) is 40.7 Å². The Morgan fingerprint density at radius 2 is 2.18 bits per heavy atom. The number of thiol groups is 1. The van der Waals surface area contributed by atoms with E-state index in [-0.39, 0.29) is 16.3 Å². The number of nitrogens with one attached hydrogen (secondary N) is 1. The first-order valence-corrected chi connectivity index (χ1v) is 4.98. The van der Waals surface area contributed by atoms with Crippen molar-refractivity contribution in [2.24, 2.45) is 0 Å². The van der Waals surface area contributed by atoms with Gasteiger partial charge >= 0.3 is 5.97 Å². The number of anilines is 1. The van der Waals surface area contributed by atoms with E-state index in [0.717, 1.165) is 7.11 Å². The summed E-state index contributed by atoms with van der Waals surface area (Å²) in [5.41, 5.74) is -0.201. The molecular formula is C11H9FN2O2S. The standard InChI is InChI=1S/C11H9FN2O2S/c1-16-11(15)7(6-13)10(17)14-9-5-3-2-4-8(9)12/h2-5,14,17H,1H3/b10-7-. The smallest absolute Gasteiger partial charge is 0.351 e. The van der Waals surface area contributed by atoms with Gasteiger partial charge < -0.3 is 10.1 Å². The second-order valence-electron chi connectivity index (χ2n) is 2.93. The summed E-state index contributed by atoms with van der Waals surface area (Å²) in [4.78, 5) is 11.2. The zero-order valence-corrected chi connectivity index (χ0v) is 9.79. The van der Waals surface area contributed by atoms with Crippen molar-refractivity contribution in [2.45, 2.75) is 0 Å². The van der Waals surface area contributed by atoms with E-state index in [0.29, 0.717) is 0 Å². The second kappa shape index (κ2) is 5.92. The Morgan fingerprint density at radius 3 is 2.71 bits per heavy atom. The van der Waals surface area contributed by atoms with E-state index in [9.17, 15) is 9.18 Å². The molecule has 0 aliphatic heterocycles. The summed E-state index contributed by atoms with van der Waals surface area (Å²) >= 11 is 3.94. The van der Waals surface area contributed by atoms with Crippen LogP contribution in [0, 0.1) is 17.1 Å². The Bertz CT molecular complexity index is 508. The molecule has 6 heteroatoms. The lowest BCUT2D eigenvalue weighted by atomic mass is 10.3. The molecule has 0 spiro atoms. The lowest BCUT2D eigenvalue weighted by Gasteiger charge is -2.08. The zero-order chi connectivity index (χ0) is 12.8. The number of halogens is 1. The highest BCUT2D eigenvalue weighted by Gasteiger charge is 2.14. The topological polar surface area (TPSA) is 62.1 Å². The third-order valence-electron chi connectivity index (χ3n) is 1.87. The molecule has 0 fully saturated rings. The maximum Gasteiger partial charge on any atom is 0.351 e. The molecule has 0 atom stereocenters. The number of para-hydroxylation sites is 1. The molecular weight excluding hydrogens is 243 g/mol. The summed E-state index contributed by atoms with van der Waals surface area (Å²) in [6.07, 6.45) is 0. The van der Waals surface area contributed by atoms with Crippen molar-refractivity contribution >= 4 is 24.3 Å². The van der Waals surface area contributed by atoms with Gasteiger partial charge in [-0.05, 0) is 12.1 Å². The Morgan fingerprint density at radius 1 is 1.53 bits per heavy atom. The molecule has 0 saturated carbocycles. The summed E-state index contributed by atoms with van der Waals surface area (Å²) in [6, 6.07) is 7.47. The minimum atomic E-state index is -0.832. The molecule has 0 unspecified atom stereocenters. The van der Waals surface area contributed by atoms with Crippen LogP contribution < -0.4 is 5.32 Å². The van der Waals surface area contributed by atoms with Crippen LogP contribution in [0.1, 0.15) is 0 Å². The van der Waals surface area contributed by atoms with Gasteiger partial charge in [0, 0.05) is 0 Å². The number of carbonyl (C=O) groups is 1. The number of methoxy groups -OCH3 is 1. The van der Waals surface area contributed by atoms with E-state index in [1.165, 1.54) is 18.2 Å². The van der Waals surface area contributed by atoms with Crippen molar-refractivity contribution in [3.8, 4) is 6.07 Å². The molecule has 0 amide bonds. The van der Waals surface area contributed by atoms with E-state index in [2.05, 4.69) is 22.7 Å². The molecule has 4 nitrogen and oxygen atoms in total. The minimum absolute atomic E-state index is 0.0653. The van der Waals surface area contributed by atoms with Gasteiger partial charge in [-0.2, -0.15) is 5.26 Å². The average molecular weight is 252 g/mol. The third kappa shape index (κ3) is 3.23. The Balaban J connectivity index is 3.02. The second-order valence-corrected chi connectivity index (χ2v) is 3.38. The van der Waals surface area contributed by atoms with E-state index >= 15 is 0 Å². The summed E-state index contributed by atoms with van der Waals surface area (Å²) in [6.45, 7) is 0. The van der Waals surface area contributed by atoms with Gasteiger partial charge in [0.15, 0.2) is 5.57 Å². The van der Waals surface area contributed by atoms with Gasteiger partial charge in [-0.15, -0.1) is 12.6 Å². The molecule has 0 saturated heterocycles. The average Bonchev–Trinajstić information content (AvgIpc) is 2.32. The van der Waals surface area contributed by atoms with Crippen LogP contribution in [0.5, 0.6) is 0 Å². The van der Waals surface area contributed by atoms with Gasteiger partial charge in [0.25, 0.3) is 0 Å². The molecule has 88 valence electrons. The molecule has 1 aromatic rings. The van der Waals surface area contributed by atoms with Crippen LogP contribution in [0.25, 0.3) is 0 Å². The molecule has 1 aromatic carbocycles. The van der Waals surface area contributed by atoms with Crippen molar-refractivity contribution in [3.63, 3.8) is 0 Å². The van der Waals surface area contributed by atoms with Gasteiger partial charge in [-0.3, -0.25) is 0 Å². The fraction of sp³-hybridized carbons (Fsp3) is 0.0909. The predicted molar refractivity (Wildman–Crippen MR) is 63.7 cm³/mol. The fourth-order valence-corrected chi connectivity index (χ4v) is 1.31. The van der Waals surface area contributed by atoms with Gasteiger partial charge in [0.2, 0.25) is 0 Å². The summed E-state index contributed by atoms with van der Waals surface area (Å²) < 4.78 is 17.7. The highest BCUT2D eigenvalue weighted by molar-refractivity contribution is 7.84. The number of hydrogen-bond acceptors (Lipinski definition) is 5. The first-order chi connectivity index (χ1) is 8.10. The van der Waals surface area contributed by atoms with Crippen LogP contribution in [-0.4, -0.2) is 13.1 Å². The van der Waals surface area contributed by atoms with E-state index in [4.69, 9.17) is 5.26 Å². The zero-order valence-electron chi connectivity index (χ0n) is 8.90. The lowest BCUT2D eigenvalue weighted by Crippen LogP contribution is -2.09. The minimum Gasteiger partial charge on any atom is -0.465 e. The maximum absolute atomic E-state index is 13.3. The number of hydrogen-bond donors (Lipinski definition) is 2. The maximum atomic E-state index is 13.3. The van der Waals surface area contributed by atoms with Crippen LogP contribution in [0.4, 0.5) is 10.1 Å². The molecule has 0 heterocycles. The molecule has 1 N–H and O–H groups in total. The fourth-order valence-electron chi connectivity index (χ4n) is 1.05. The molecule has 0 bridgehead atoms. The molecule has 1 rings (SSSR count). The molecule has 0 radical (unpaired) electrons. The van der Waals surface area contributed by atoms with Crippen LogP contribution in [0.3, 0.4) is 0 Å².